The van der Waals surface area contributed by atoms with Gasteiger partial charge in [-0.25, -0.2) is 0 Å². The Hall–Kier alpha value is -2.46. The van der Waals surface area contributed by atoms with Crippen molar-refractivity contribution < 1.29 is 14.3 Å². The maximum absolute atomic E-state index is 12.2. The molecule has 0 fully saturated rings. The van der Waals surface area contributed by atoms with E-state index in [2.05, 4.69) is 0 Å². The van der Waals surface area contributed by atoms with Crippen LogP contribution >= 0.6 is 11.6 Å². The van der Waals surface area contributed by atoms with Gasteiger partial charge in [-0.1, -0.05) is 23.7 Å². The Labute approximate surface area is 125 Å². The van der Waals surface area contributed by atoms with Crippen LogP contribution in [0.15, 0.2) is 51.7 Å². The SMILES string of the molecule is COc1cccc(-c2oc3cc(Cl)ccc3c(=O)c2O)c1. The second-order valence-corrected chi connectivity index (χ2v) is 4.92. The van der Waals surface area contributed by atoms with E-state index in [4.69, 9.17) is 20.8 Å². The van der Waals surface area contributed by atoms with E-state index in [0.29, 0.717) is 21.9 Å². The lowest BCUT2D eigenvalue weighted by Crippen LogP contribution is -2.02. The Bertz CT molecular complexity index is 883. The van der Waals surface area contributed by atoms with Crippen LogP contribution in [0, 0.1) is 0 Å². The molecule has 1 N–H and O–H groups in total. The third-order valence-electron chi connectivity index (χ3n) is 3.16. The number of hydrogen-bond acceptors (Lipinski definition) is 4. The topological polar surface area (TPSA) is 59.7 Å². The van der Waals surface area contributed by atoms with Gasteiger partial charge in [-0.15, -0.1) is 0 Å². The maximum Gasteiger partial charge on any atom is 0.235 e. The highest BCUT2D eigenvalue weighted by Crippen LogP contribution is 2.32. The van der Waals surface area contributed by atoms with Gasteiger partial charge in [0.25, 0.3) is 0 Å². The van der Waals surface area contributed by atoms with E-state index < -0.39 is 11.2 Å². The Morgan fingerprint density at radius 1 is 1.19 bits per heavy atom. The molecule has 4 nitrogen and oxygen atoms in total. The number of benzene rings is 2. The number of methoxy groups -OCH3 is 1. The second-order valence-electron chi connectivity index (χ2n) is 4.48. The van der Waals surface area contributed by atoms with Gasteiger partial charge in [-0.3, -0.25) is 4.79 Å². The number of fused-ring (bicyclic) bond motifs is 1. The number of hydrogen-bond donors (Lipinski definition) is 1. The van der Waals surface area contributed by atoms with Crippen molar-refractivity contribution in [2.45, 2.75) is 0 Å². The minimum absolute atomic E-state index is 0.0914. The minimum Gasteiger partial charge on any atom is -0.502 e. The zero-order valence-corrected chi connectivity index (χ0v) is 11.8. The first-order valence-electron chi connectivity index (χ1n) is 6.20. The number of ether oxygens (including phenoxy) is 1. The van der Waals surface area contributed by atoms with Crippen molar-refractivity contribution in [1.29, 1.82) is 0 Å². The summed E-state index contributed by atoms with van der Waals surface area (Å²) in [6, 6.07) is 11.5. The second kappa shape index (κ2) is 5.14. The van der Waals surface area contributed by atoms with Crippen molar-refractivity contribution in [1.82, 2.24) is 0 Å². The van der Waals surface area contributed by atoms with Crippen LogP contribution in [0.25, 0.3) is 22.3 Å². The number of rotatable bonds is 2. The van der Waals surface area contributed by atoms with Gasteiger partial charge in [0.1, 0.15) is 11.3 Å². The summed E-state index contributed by atoms with van der Waals surface area (Å²) in [6.07, 6.45) is 0. The summed E-state index contributed by atoms with van der Waals surface area (Å²) in [6.45, 7) is 0. The van der Waals surface area contributed by atoms with Crippen LogP contribution in [0.3, 0.4) is 0 Å². The van der Waals surface area contributed by atoms with Crippen LogP contribution in [-0.2, 0) is 0 Å². The molecule has 0 saturated carbocycles. The zero-order valence-electron chi connectivity index (χ0n) is 11.1. The smallest absolute Gasteiger partial charge is 0.235 e. The van der Waals surface area contributed by atoms with Crippen LogP contribution < -0.4 is 10.2 Å². The fraction of sp³-hybridized carbons (Fsp3) is 0.0625. The van der Waals surface area contributed by atoms with E-state index in [1.54, 1.807) is 36.4 Å². The average molecular weight is 303 g/mol. The van der Waals surface area contributed by atoms with E-state index in [1.807, 2.05) is 0 Å². The Kier molecular flexibility index (Phi) is 3.31. The Morgan fingerprint density at radius 3 is 2.76 bits per heavy atom. The first-order chi connectivity index (χ1) is 10.1. The molecule has 0 aliphatic carbocycles. The van der Waals surface area contributed by atoms with Crippen LogP contribution in [0.5, 0.6) is 11.5 Å². The van der Waals surface area contributed by atoms with Crippen molar-refractivity contribution in [2.24, 2.45) is 0 Å². The quantitative estimate of drug-likeness (QED) is 0.781. The van der Waals surface area contributed by atoms with E-state index >= 15 is 0 Å². The molecule has 0 aliphatic rings. The normalized spacial score (nSPS) is 10.8. The summed E-state index contributed by atoms with van der Waals surface area (Å²) in [7, 11) is 1.54. The third-order valence-corrected chi connectivity index (χ3v) is 3.40. The molecular formula is C16H11ClO4. The summed E-state index contributed by atoms with van der Waals surface area (Å²) in [5.41, 5.74) is 0.375. The van der Waals surface area contributed by atoms with Gasteiger partial charge >= 0.3 is 0 Å². The van der Waals surface area contributed by atoms with Crippen molar-refractivity contribution in [3.63, 3.8) is 0 Å². The van der Waals surface area contributed by atoms with Crippen LogP contribution in [0.4, 0.5) is 0 Å². The minimum atomic E-state index is -0.495. The van der Waals surface area contributed by atoms with E-state index in [9.17, 15) is 9.90 Å². The Morgan fingerprint density at radius 2 is 2.00 bits per heavy atom. The standard InChI is InChI=1S/C16H11ClO4/c1-20-11-4-2-3-9(7-11)16-15(19)14(18)12-6-5-10(17)8-13(12)21-16/h2-8,19H,1H3. The summed E-state index contributed by atoms with van der Waals surface area (Å²) < 4.78 is 10.8. The molecule has 21 heavy (non-hydrogen) atoms. The lowest BCUT2D eigenvalue weighted by molar-refractivity contribution is 0.414. The van der Waals surface area contributed by atoms with Crippen molar-refractivity contribution in [3.8, 4) is 22.8 Å². The van der Waals surface area contributed by atoms with E-state index in [0.717, 1.165) is 0 Å². The van der Waals surface area contributed by atoms with Crippen molar-refractivity contribution in [3.05, 3.63) is 57.7 Å². The molecule has 3 aromatic rings. The molecule has 0 aliphatic heterocycles. The molecular weight excluding hydrogens is 292 g/mol. The van der Waals surface area contributed by atoms with Gasteiger partial charge in [0.15, 0.2) is 5.76 Å². The summed E-state index contributed by atoms with van der Waals surface area (Å²) in [4.78, 5) is 12.2. The predicted octanol–water partition coefficient (Wildman–Crippen LogP) is 3.83. The maximum atomic E-state index is 12.2. The van der Waals surface area contributed by atoms with E-state index in [1.165, 1.54) is 13.2 Å². The molecule has 3 rings (SSSR count). The molecule has 0 bridgehead atoms. The van der Waals surface area contributed by atoms with Gasteiger partial charge in [0.05, 0.1) is 12.5 Å². The molecule has 1 heterocycles. The molecule has 0 atom stereocenters. The zero-order chi connectivity index (χ0) is 15.0. The Balaban J connectivity index is 2.31. The predicted molar refractivity (Wildman–Crippen MR) is 81.1 cm³/mol. The molecule has 0 radical (unpaired) electrons. The largest absolute Gasteiger partial charge is 0.502 e. The summed E-state index contributed by atoms with van der Waals surface area (Å²) in [5.74, 6) is 0.257. The average Bonchev–Trinajstić information content (AvgIpc) is 2.50. The van der Waals surface area contributed by atoms with Gasteiger partial charge < -0.3 is 14.3 Å². The lowest BCUT2D eigenvalue weighted by atomic mass is 10.1. The number of halogens is 1. The molecule has 0 unspecified atom stereocenters. The monoisotopic (exact) mass is 302 g/mol. The van der Waals surface area contributed by atoms with Crippen molar-refractivity contribution >= 4 is 22.6 Å². The highest BCUT2D eigenvalue weighted by atomic mass is 35.5. The van der Waals surface area contributed by atoms with Crippen LogP contribution in [0.1, 0.15) is 0 Å². The first-order valence-corrected chi connectivity index (χ1v) is 6.57. The van der Waals surface area contributed by atoms with Crippen LogP contribution in [-0.4, -0.2) is 12.2 Å². The molecule has 5 heteroatoms. The number of aromatic hydroxyl groups is 1. The van der Waals surface area contributed by atoms with E-state index in [-0.39, 0.29) is 11.1 Å². The molecule has 0 amide bonds. The molecule has 106 valence electrons. The lowest BCUT2D eigenvalue weighted by Gasteiger charge is -2.07. The van der Waals surface area contributed by atoms with Gasteiger partial charge in [0.2, 0.25) is 11.2 Å². The first kappa shape index (κ1) is 13.5. The van der Waals surface area contributed by atoms with Gasteiger partial charge in [-0.2, -0.15) is 0 Å². The molecule has 0 spiro atoms. The van der Waals surface area contributed by atoms with Crippen LogP contribution in [0.2, 0.25) is 5.02 Å². The fourth-order valence-electron chi connectivity index (χ4n) is 2.12. The highest BCUT2D eigenvalue weighted by molar-refractivity contribution is 6.31. The van der Waals surface area contributed by atoms with Gasteiger partial charge in [-0.05, 0) is 24.3 Å². The summed E-state index contributed by atoms with van der Waals surface area (Å²) in [5, 5.41) is 10.8. The molecule has 0 saturated heterocycles. The fourth-order valence-corrected chi connectivity index (χ4v) is 2.28. The van der Waals surface area contributed by atoms with Crippen molar-refractivity contribution in [2.75, 3.05) is 7.11 Å². The summed E-state index contributed by atoms with van der Waals surface area (Å²) >= 11 is 5.91. The third kappa shape index (κ3) is 2.34. The highest BCUT2D eigenvalue weighted by Gasteiger charge is 2.15. The molecule has 2 aromatic carbocycles. The van der Waals surface area contributed by atoms with Gasteiger partial charge in [0, 0.05) is 16.7 Å². The molecule has 1 aromatic heterocycles.